The van der Waals surface area contributed by atoms with Crippen LogP contribution < -0.4 is 15.2 Å². The Morgan fingerprint density at radius 2 is 2.11 bits per heavy atom. The molecule has 0 bridgehead atoms. The summed E-state index contributed by atoms with van der Waals surface area (Å²) in [4.78, 5) is 13.6. The van der Waals surface area contributed by atoms with Crippen LogP contribution in [0.2, 0.25) is 0 Å². The average molecular weight is 287 g/mol. The minimum atomic E-state index is -0.473. The van der Waals surface area contributed by atoms with E-state index in [0.29, 0.717) is 13.1 Å². The lowest BCUT2D eigenvalue weighted by Gasteiger charge is -2.23. The van der Waals surface area contributed by atoms with Gasteiger partial charge >= 0.3 is 0 Å². The number of amides is 1. The molecule has 1 aromatic rings. The fourth-order valence-corrected chi connectivity index (χ4v) is 1.89. The van der Waals surface area contributed by atoms with Gasteiger partial charge in [0.1, 0.15) is 0 Å². The van der Waals surface area contributed by atoms with E-state index < -0.39 is 6.04 Å². The summed E-state index contributed by atoms with van der Waals surface area (Å²) in [5.41, 5.74) is 6.63. The first-order chi connectivity index (χ1) is 8.61. The normalized spacial score (nSPS) is 13.6. The van der Waals surface area contributed by atoms with Crippen LogP contribution in [0.4, 0.5) is 0 Å². The zero-order valence-corrected chi connectivity index (χ0v) is 11.9. The lowest BCUT2D eigenvalue weighted by Crippen LogP contribution is -2.41. The minimum absolute atomic E-state index is 0. The molecule has 0 aliphatic carbocycles. The van der Waals surface area contributed by atoms with E-state index in [1.807, 2.05) is 25.1 Å². The molecule has 1 aliphatic heterocycles. The highest BCUT2D eigenvalue weighted by atomic mass is 35.5. The summed E-state index contributed by atoms with van der Waals surface area (Å²) in [6.07, 6.45) is 0. The number of hydrogen-bond acceptors (Lipinski definition) is 4. The maximum Gasteiger partial charge on any atom is 0.239 e. The van der Waals surface area contributed by atoms with Crippen LogP contribution in [0.15, 0.2) is 18.2 Å². The number of carbonyl (C=O) groups excluding carboxylic acids is 1. The molecule has 5 nitrogen and oxygen atoms in total. The molecule has 0 fully saturated rings. The molecule has 1 aromatic carbocycles. The summed E-state index contributed by atoms with van der Waals surface area (Å²) in [6.45, 7) is 5.06. The van der Waals surface area contributed by atoms with Crippen molar-refractivity contribution >= 4 is 18.3 Å². The summed E-state index contributed by atoms with van der Waals surface area (Å²) in [5, 5.41) is 0. The predicted octanol–water partition coefficient (Wildman–Crippen LogP) is 1.53. The number of benzene rings is 1. The Morgan fingerprint density at radius 3 is 2.74 bits per heavy atom. The Hall–Kier alpha value is -1.46. The van der Waals surface area contributed by atoms with Crippen molar-refractivity contribution in [2.75, 3.05) is 13.3 Å². The lowest BCUT2D eigenvalue weighted by atomic mass is 10.1. The largest absolute Gasteiger partial charge is 0.454 e. The second-order valence-corrected chi connectivity index (χ2v) is 4.33. The first-order valence-electron chi connectivity index (χ1n) is 6.04. The van der Waals surface area contributed by atoms with Gasteiger partial charge in [-0.1, -0.05) is 6.07 Å². The van der Waals surface area contributed by atoms with E-state index in [9.17, 15) is 4.79 Å². The summed E-state index contributed by atoms with van der Waals surface area (Å²) in [5.74, 6) is 1.44. The molecule has 0 saturated heterocycles. The molecular weight excluding hydrogens is 268 g/mol. The number of nitrogens with zero attached hydrogens (tertiary/aromatic N) is 1. The Kier molecular flexibility index (Phi) is 5.44. The molecule has 1 unspecified atom stereocenters. The fourth-order valence-electron chi connectivity index (χ4n) is 1.89. The molecule has 1 aliphatic rings. The van der Waals surface area contributed by atoms with Crippen molar-refractivity contribution < 1.29 is 14.3 Å². The number of carbonyl (C=O) groups is 1. The second-order valence-electron chi connectivity index (χ2n) is 4.33. The highest BCUT2D eigenvalue weighted by molar-refractivity contribution is 5.85. The van der Waals surface area contributed by atoms with Gasteiger partial charge in [0.25, 0.3) is 0 Å². The molecular formula is C13H19ClN2O3. The monoisotopic (exact) mass is 286 g/mol. The van der Waals surface area contributed by atoms with Crippen molar-refractivity contribution in [2.45, 2.75) is 26.4 Å². The molecule has 2 N–H and O–H groups in total. The summed E-state index contributed by atoms with van der Waals surface area (Å²) in [7, 11) is 0. The van der Waals surface area contributed by atoms with Crippen molar-refractivity contribution in [3.8, 4) is 11.5 Å². The van der Waals surface area contributed by atoms with Crippen LogP contribution in [0.3, 0.4) is 0 Å². The molecule has 0 spiro atoms. The maximum atomic E-state index is 11.9. The zero-order chi connectivity index (χ0) is 13.1. The number of halogens is 1. The van der Waals surface area contributed by atoms with Crippen molar-refractivity contribution in [3.05, 3.63) is 23.8 Å². The van der Waals surface area contributed by atoms with Gasteiger partial charge in [0, 0.05) is 13.1 Å². The van der Waals surface area contributed by atoms with Crippen LogP contribution in [0, 0.1) is 0 Å². The van der Waals surface area contributed by atoms with E-state index in [1.165, 1.54) is 0 Å². The Balaban J connectivity index is 0.00000180. The average Bonchev–Trinajstić information content (AvgIpc) is 2.82. The van der Waals surface area contributed by atoms with Crippen LogP contribution in [0.25, 0.3) is 0 Å². The van der Waals surface area contributed by atoms with E-state index in [4.69, 9.17) is 15.2 Å². The van der Waals surface area contributed by atoms with Gasteiger partial charge < -0.3 is 20.1 Å². The maximum absolute atomic E-state index is 11.9. The third-order valence-corrected chi connectivity index (χ3v) is 2.89. The van der Waals surface area contributed by atoms with Gasteiger partial charge in [-0.2, -0.15) is 0 Å². The molecule has 1 atom stereocenters. The number of hydrogen-bond donors (Lipinski definition) is 1. The highest BCUT2D eigenvalue weighted by Gasteiger charge is 2.18. The van der Waals surface area contributed by atoms with Gasteiger partial charge in [0.05, 0.1) is 6.04 Å². The Morgan fingerprint density at radius 1 is 1.42 bits per heavy atom. The molecule has 0 saturated carbocycles. The number of nitrogens with two attached hydrogens (primary N) is 1. The zero-order valence-electron chi connectivity index (χ0n) is 11.1. The number of fused-ring (bicyclic) bond motifs is 1. The van der Waals surface area contributed by atoms with E-state index in [0.717, 1.165) is 17.1 Å². The van der Waals surface area contributed by atoms with Crippen LogP contribution >= 0.6 is 12.4 Å². The molecule has 1 amide bonds. The van der Waals surface area contributed by atoms with Crippen LogP contribution in [0.1, 0.15) is 19.4 Å². The second kappa shape index (κ2) is 6.63. The highest BCUT2D eigenvalue weighted by Crippen LogP contribution is 2.32. The third kappa shape index (κ3) is 3.52. The van der Waals surface area contributed by atoms with Gasteiger partial charge in [-0.25, -0.2) is 0 Å². The van der Waals surface area contributed by atoms with Crippen molar-refractivity contribution in [2.24, 2.45) is 5.73 Å². The topological polar surface area (TPSA) is 64.8 Å². The summed E-state index contributed by atoms with van der Waals surface area (Å²) >= 11 is 0. The number of rotatable bonds is 4. The van der Waals surface area contributed by atoms with Gasteiger partial charge in [0.15, 0.2) is 11.5 Å². The van der Waals surface area contributed by atoms with Gasteiger partial charge in [0.2, 0.25) is 12.7 Å². The van der Waals surface area contributed by atoms with Gasteiger partial charge in [-0.3, -0.25) is 4.79 Å². The quantitative estimate of drug-likeness (QED) is 0.912. The minimum Gasteiger partial charge on any atom is -0.454 e. The number of ether oxygens (including phenoxy) is 2. The summed E-state index contributed by atoms with van der Waals surface area (Å²) in [6, 6.07) is 5.23. The van der Waals surface area contributed by atoms with E-state index in [-0.39, 0.29) is 25.1 Å². The standard InChI is InChI=1S/C13H18N2O3.ClH/c1-3-15(13(16)9(2)14)7-10-4-5-11-12(6-10)18-8-17-11;/h4-6,9H,3,7-8,14H2,1-2H3;1H. The molecule has 106 valence electrons. The first-order valence-corrected chi connectivity index (χ1v) is 6.04. The summed E-state index contributed by atoms with van der Waals surface area (Å²) < 4.78 is 10.6. The van der Waals surface area contributed by atoms with Crippen LogP contribution in [-0.2, 0) is 11.3 Å². The van der Waals surface area contributed by atoms with E-state index >= 15 is 0 Å². The lowest BCUT2D eigenvalue weighted by molar-refractivity contribution is -0.132. The van der Waals surface area contributed by atoms with Gasteiger partial charge in [-0.05, 0) is 31.5 Å². The SMILES string of the molecule is CCN(Cc1ccc2c(c1)OCO2)C(=O)C(C)N.Cl. The molecule has 0 radical (unpaired) electrons. The fraction of sp³-hybridized carbons (Fsp3) is 0.462. The smallest absolute Gasteiger partial charge is 0.239 e. The molecule has 2 rings (SSSR count). The molecule has 6 heteroatoms. The van der Waals surface area contributed by atoms with Crippen molar-refractivity contribution in [1.29, 1.82) is 0 Å². The molecule has 19 heavy (non-hydrogen) atoms. The first kappa shape index (κ1) is 15.6. The van der Waals surface area contributed by atoms with Crippen molar-refractivity contribution in [3.63, 3.8) is 0 Å². The third-order valence-electron chi connectivity index (χ3n) is 2.89. The number of likely N-dealkylation sites (N-methyl/N-ethyl adjacent to an activating group) is 1. The Bertz CT molecular complexity index is 452. The predicted molar refractivity (Wildman–Crippen MR) is 74.6 cm³/mol. The Labute approximate surface area is 119 Å². The van der Waals surface area contributed by atoms with Crippen LogP contribution in [0.5, 0.6) is 11.5 Å². The van der Waals surface area contributed by atoms with Gasteiger partial charge in [-0.15, -0.1) is 12.4 Å². The van der Waals surface area contributed by atoms with Crippen molar-refractivity contribution in [1.82, 2.24) is 4.90 Å². The molecule has 0 aromatic heterocycles. The molecule has 1 heterocycles. The van der Waals surface area contributed by atoms with Crippen LogP contribution in [-0.4, -0.2) is 30.2 Å². The van der Waals surface area contributed by atoms with E-state index in [1.54, 1.807) is 11.8 Å². The van der Waals surface area contributed by atoms with E-state index in [2.05, 4.69) is 0 Å².